The van der Waals surface area contributed by atoms with Crippen LogP contribution in [0.5, 0.6) is 0 Å². The summed E-state index contributed by atoms with van der Waals surface area (Å²) < 4.78 is 2.22. The number of benzene rings is 1. The third-order valence-electron chi connectivity index (χ3n) is 5.10. The molecule has 1 aliphatic heterocycles. The lowest BCUT2D eigenvalue weighted by atomic mass is 10.2. The van der Waals surface area contributed by atoms with E-state index in [1.54, 1.807) is 24.3 Å². The molecule has 2 amide bonds. The van der Waals surface area contributed by atoms with Crippen LogP contribution < -0.4 is 10.6 Å². The standard InChI is InChI=1S/C21H30N6O2/c1-3-20-22-8-9-27(20)15-14-25-10-12-26(13-11-25)16-21(29)24-19-6-4-18(5-7-19)23-17(2)28/h4-9H,3,10-16H2,1-2H3,(H,23,28)(H,24,29). The van der Waals surface area contributed by atoms with Crippen LogP contribution in [-0.4, -0.2) is 70.4 Å². The number of aromatic nitrogens is 2. The second-order valence-corrected chi connectivity index (χ2v) is 7.31. The lowest BCUT2D eigenvalue weighted by Crippen LogP contribution is -2.49. The Morgan fingerprint density at radius 1 is 0.966 bits per heavy atom. The number of rotatable bonds is 8. The SMILES string of the molecule is CCc1nccn1CCN1CCN(CC(=O)Nc2ccc(NC(C)=O)cc2)CC1. The fraction of sp³-hybridized carbons (Fsp3) is 0.476. The van der Waals surface area contributed by atoms with Crippen molar-refractivity contribution in [1.82, 2.24) is 19.4 Å². The molecule has 0 unspecified atom stereocenters. The van der Waals surface area contributed by atoms with Crippen LogP contribution in [-0.2, 0) is 22.6 Å². The fourth-order valence-electron chi connectivity index (χ4n) is 3.52. The molecule has 1 aromatic carbocycles. The Morgan fingerprint density at radius 3 is 2.21 bits per heavy atom. The number of anilines is 2. The number of carbonyl (C=O) groups excluding carboxylic acids is 2. The monoisotopic (exact) mass is 398 g/mol. The average Bonchev–Trinajstić information content (AvgIpc) is 3.16. The van der Waals surface area contributed by atoms with E-state index >= 15 is 0 Å². The van der Waals surface area contributed by atoms with Crippen LogP contribution in [0.1, 0.15) is 19.7 Å². The first-order chi connectivity index (χ1) is 14.0. The molecule has 0 aliphatic carbocycles. The van der Waals surface area contributed by atoms with Crippen LogP contribution >= 0.6 is 0 Å². The molecule has 0 spiro atoms. The minimum Gasteiger partial charge on any atom is -0.334 e. The van der Waals surface area contributed by atoms with Gasteiger partial charge in [-0.1, -0.05) is 6.92 Å². The molecule has 0 saturated carbocycles. The summed E-state index contributed by atoms with van der Waals surface area (Å²) in [5, 5.41) is 5.63. The molecule has 8 heteroatoms. The van der Waals surface area contributed by atoms with E-state index in [2.05, 4.69) is 36.9 Å². The van der Waals surface area contributed by atoms with Crippen LogP contribution in [0.2, 0.25) is 0 Å². The summed E-state index contributed by atoms with van der Waals surface area (Å²) in [6, 6.07) is 7.14. The Bertz CT molecular complexity index is 809. The minimum absolute atomic E-state index is 0.0169. The highest BCUT2D eigenvalue weighted by molar-refractivity contribution is 5.93. The third kappa shape index (κ3) is 6.40. The largest absolute Gasteiger partial charge is 0.334 e. The normalized spacial score (nSPS) is 15.2. The van der Waals surface area contributed by atoms with Crippen LogP contribution in [0.4, 0.5) is 11.4 Å². The van der Waals surface area contributed by atoms with E-state index in [0.29, 0.717) is 12.2 Å². The van der Waals surface area contributed by atoms with Crippen molar-refractivity contribution in [3.8, 4) is 0 Å². The zero-order chi connectivity index (χ0) is 20.6. The van der Waals surface area contributed by atoms with E-state index in [4.69, 9.17) is 0 Å². The molecular formula is C21H30N6O2. The zero-order valence-corrected chi connectivity index (χ0v) is 17.2. The zero-order valence-electron chi connectivity index (χ0n) is 17.2. The van der Waals surface area contributed by atoms with Crippen molar-refractivity contribution in [3.63, 3.8) is 0 Å². The summed E-state index contributed by atoms with van der Waals surface area (Å²) in [7, 11) is 0. The first-order valence-corrected chi connectivity index (χ1v) is 10.2. The molecule has 2 N–H and O–H groups in total. The molecule has 2 aromatic rings. The first kappa shape index (κ1) is 21.0. The molecular weight excluding hydrogens is 368 g/mol. The maximum absolute atomic E-state index is 12.3. The molecule has 1 aromatic heterocycles. The quantitative estimate of drug-likeness (QED) is 0.707. The number of hydrogen-bond acceptors (Lipinski definition) is 5. The van der Waals surface area contributed by atoms with Gasteiger partial charge in [-0.25, -0.2) is 4.98 Å². The Balaban J connectivity index is 1.37. The van der Waals surface area contributed by atoms with Crippen LogP contribution in [0.25, 0.3) is 0 Å². The van der Waals surface area contributed by atoms with Crippen molar-refractivity contribution < 1.29 is 9.59 Å². The summed E-state index contributed by atoms with van der Waals surface area (Å²) in [4.78, 5) is 32.4. The van der Waals surface area contributed by atoms with Crippen molar-refractivity contribution in [1.29, 1.82) is 0 Å². The van der Waals surface area contributed by atoms with Gasteiger partial charge >= 0.3 is 0 Å². The highest BCUT2D eigenvalue weighted by Gasteiger charge is 2.19. The Kier molecular flexibility index (Phi) is 7.37. The van der Waals surface area contributed by atoms with E-state index < -0.39 is 0 Å². The fourth-order valence-corrected chi connectivity index (χ4v) is 3.52. The second kappa shape index (κ2) is 10.2. The van der Waals surface area contributed by atoms with Gasteiger partial charge in [-0.2, -0.15) is 0 Å². The number of imidazole rings is 1. The van der Waals surface area contributed by atoms with Gasteiger partial charge in [-0.15, -0.1) is 0 Å². The Hall–Kier alpha value is -2.71. The molecule has 1 saturated heterocycles. The average molecular weight is 399 g/mol. The van der Waals surface area contributed by atoms with Crippen molar-refractivity contribution >= 4 is 23.2 Å². The third-order valence-corrected chi connectivity index (χ3v) is 5.10. The molecule has 0 bridgehead atoms. The molecule has 8 nitrogen and oxygen atoms in total. The van der Waals surface area contributed by atoms with Crippen molar-refractivity contribution in [3.05, 3.63) is 42.5 Å². The minimum atomic E-state index is -0.114. The van der Waals surface area contributed by atoms with Gasteiger partial charge in [0.15, 0.2) is 0 Å². The second-order valence-electron chi connectivity index (χ2n) is 7.31. The van der Waals surface area contributed by atoms with Gasteiger partial charge in [0, 0.05) is 76.4 Å². The number of carbonyl (C=O) groups is 2. The molecule has 1 aliphatic rings. The lowest BCUT2D eigenvalue weighted by molar-refractivity contribution is -0.117. The highest BCUT2D eigenvalue weighted by Crippen LogP contribution is 2.13. The summed E-state index contributed by atoms with van der Waals surface area (Å²) in [6.07, 6.45) is 4.86. The van der Waals surface area contributed by atoms with E-state index in [9.17, 15) is 9.59 Å². The van der Waals surface area contributed by atoms with Gasteiger partial charge in [-0.05, 0) is 24.3 Å². The maximum Gasteiger partial charge on any atom is 0.238 e. The highest BCUT2D eigenvalue weighted by atomic mass is 16.2. The number of nitrogens with zero attached hydrogens (tertiary/aromatic N) is 4. The predicted octanol–water partition coefficient (Wildman–Crippen LogP) is 1.66. The first-order valence-electron chi connectivity index (χ1n) is 10.2. The van der Waals surface area contributed by atoms with Gasteiger partial charge in [0.25, 0.3) is 0 Å². The van der Waals surface area contributed by atoms with Crippen LogP contribution in [0.3, 0.4) is 0 Å². The predicted molar refractivity (Wildman–Crippen MR) is 114 cm³/mol. The molecule has 0 atom stereocenters. The van der Waals surface area contributed by atoms with Gasteiger partial charge in [0.1, 0.15) is 5.82 Å². The number of amides is 2. The Labute approximate surface area is 171 Å². The molecule has 156 valence electrons. The smallest absolute Gasteiger partial charge is 0.238 e. The van der Waals surface area contributed by atoms with Crippen LogP contribution in [0, 0.1) is 0 Å². The Morgan fingerprint density at radius 2 is 1.59 bits per heavy atom. The topological polar surface area (TPSA) is 82.5 Å². The van der Waals surface area contributed by atoms with Gasteiger partial charge < -0.3 is 15.2 Å². The maximum atomic E-state index is 12.3. The molecule has 2 heterocycles. The number of hydrogen-bond donors (Lipinski definition) is 2. The van der Waals surface area contributed by atoms with Crippen LogP contribution in [0.15, 0.2) is 36.7 Å². The number of aryl methyl sites for hydroxylation is 1. The van der Waals surface area contributed by atoms with Crippen molar-refractivity contribution in [2.75, 3.05) is 49.9 Å². The van der Waals surface area contributed by atoms with E-state index in [-0.39, 0.29) is 11.8 Å². The molecule has 1 fully saturated rings. The lowest BCUT2D eigenvalue weighted by Gasteiger charge is -2.34. The number of piperazine rings is 1. The number of nitrogens with one attached hydrogen (secondary N) is 2. The van der Waals surface area contributed by atoms with Crippen molar-refractivity contribution in [2.24, 2.45) is 0 Å². The van der Waals surface area contributed by atoms with E-state index in [1.165, 1.54) is 6.92 Å². The summed E-state index contributed by atoms with van der Waals surface area (Å²) in [5.74, 6) is 0.999. The van der Waals surface area contributed by atoms with Crippen molar-refractivity contribution in [2.45, 2.75) is 26.8 Å². The molecule has 3 rings (SSSR count). The molecule has 0 radical (unpaired) electrons. The van der Waals surface area contributed by atoms with E-state index in [0.717, 1.165) is 57.2 Å². The molecule has 29 heavy (non-hydrogen) atoms. The summed E-state index contributed by atoms with van der Waals surface area (Å²) in [5.41, 5.74) is 1.45. The van der Waals surface area contributed by atoms with E-state index in [1.807, 2.05) is 12.4 Å². The van der Waals surface area contributed by atoms with Gasteiger partial charge in [0.05, 0.1) is 6.54 Å². The van der Waals surface area contributed by atoms with Gasteiger partial charge in [-0.3, -0.25) is 19.4 Å². The summed E-state index contributed by atoms with van der Waals surface area (Å²) in [6.45, 7) is 9.66. The van der Waals surface area contributed by atoms with Gasteiger partial charge in [0.2, 0.25) is 11.8 Å². The summed E-state index contributed by atoms with van der Waals surface area (Å²) >= 11 is 0.